The van der Waals surface area contributed by atoms with Gasteiger partial charge in [-0.2, -0.15) is 15.3 Å². The molecule has 110 heavy (non-hydrogen) atoms. The summed E-state index contributed by atoms with van der Waals surface area (Å²) in [6.45, 7) is 27.9. The molecule has 0 saturated carbocycles. The zero-order valence-corrected chi connectivity index (χ0v) is 67.0. The standard InChI is InChI=1S/C28H24ClFN6.C19H32BN3O4.C19H10BrClFN3.C15H26BN3O2.CH4/c1-35-9-6-22(7-10-35)36-17-20(16-33-36)18-11-19(15-31-14-18)24-13-27(25-12-21(29)4-5-26(25)30)34-28-23(24)3-2-8-32-28;1-17(2,3)25-16(24)22-10-8-15(9-11-22)23-13-14(12-21-23)20-26-18(4,5)19(6,7)27-20;20-12-6-11(9-23-10-12)15-8-18(16-7-13(21)3-4-17(16)22)25-19-14(15)2-1-5-24-19;1-14(2)15(3,4)21-16(20-14)12-10-17-19(11-12)13-6-8-18(5)9-7-13;/h2-5,8,11-17,22H,6-7,9-10H2,1H3;12-13,15H,8-11H2,1-7H3;1-10H;10-11,13H,6-9H2,1-5H3;1H4. The maximum Gasteiger partial charge on any atom is 0.498 e. The third-order valence-electron chi connectivity index (χ3n) is 21.5. The lowest BCUT2D eigenvalue weighted by molar-refractivity contribution is 0.00578. The van der Waals surface area contributed by atoms with Crippen molar-refractivity contribution in [3.8, 4) is 55.9 Å². The Balaban J connectivity index is 0.000000139. The Bertz CT molecular complexity index is 5020. The number of ether oxygens (including phenoxy) is 1. The number of nitrogens with zero attached hydrogens (tertiary/aromatic N) is 15. The van der Waals surface area contributed by atoms with Crippen LogP contribution in [0.25, 0.3) is 78.0 Å². The van der Waals surface area contributed by atoms with Crippen LogP contribution in [0.4, 0.5) is 13.6 Å². The van der Waals surface area contributed by atoms with E-state index < -0.39 is 12.7 Å². The minimum atomic E-state index is -0.465. The minimum absolute atomic E-state index is 0. The molecule has 1 amide bonds. The van der Waals surface area contributed by atoms with Gasteiger partial charge in [0.25, 0.3) is 0 Å². The second-order valence-electron chi connectivity index (χ2n) is 31.6. The zero-order chi connectivity index (χ0) is 77.3. The first-order chi connectivity index (χ1) is 51.8. The molecule has 11 aromatic rings. The highest BCUT2D eigenvalue weighted by Crippen LogP contribution is 2.41. The molecular formula is C82H96B2BrCl2F2N15O6. The average molecular weight is 1600 g/mol. The largest absolute Gasteiger partial charge is 0.498 e. The summed E-state index contributed by atoms with van der Waals surface area (Å²) in [5.74, 6) is -0.771. The van der Waals surface area contributed by atoms with E-state index in [9.17, 15) is 13.6 Å². The Morgan fingerprint density at radius 1 is 0.509 bits per heavy atom. The van der Waals surface area contributed by atoms with E-state index in [0.717, 1.165) is 124 Å². The van der Waals surface area contributed by atoms with Crippen LogP contribution in [-0.4, -0.2) is 176 Å². The first-order valence-electron chi connectivity index (χ1n) is 37.0. The van der Waals surface area contributed by atoms with Gasteiger partial charge in [-0.3, -0.25) is 24.0 Å². The van der Waals surface area contributed by atoms with Crippen LogP contribution in [0.5, 0.6) is 0 Å². The van der Waals surface area contributed by atoms with Crippen molar-refractivity contribution < 1.29 is 36.9 Å². The molecule has 5 saturated heterocycles. The van der Waals surface area contributed by atoms with Crippen molar-refractivity contribution in [1.82, 2.24) is 73.9 Å². The predicted molar refractivity (Wildman–Crippen MR) is 435 cm³/mol. The van der Waals surface area contributed by atoms with Crippen molar-refractivity contribution in [1.29, 1.82) is 0 Å². The van der Waals surface area contributed by atoms with Crippen molar-refractivity contribution in [3.63, 3.8) is 0 Å². The Hall–Kier alpha value is -8.43. The molecule has 2 aromatic carbocycles. The van der Waals surface area contributed by atoms with Crippen LogP contribution in [0.15, 0.2) is 164 Å². The number of pyridine rings is 6. The molecule has 14 heterocycles. The number of aromatic nitrogens is 12. The van der Waals surface area contributed by atoms with Crippen molar-refractivity contribution in [2.45, 2.75) is 168 Å². The molecule has 0 radical (unpaired) electrons. The van der Waals surface area contributed by atoms with Gasteiger partial charge in [0.15, 0.2) is 11.3 Å². The third-order valence-corrected chi connectivity index (χ3v) is 22.4. The summed E-state index contributed by atoms with van der Waals surface area (Å²) in [4.78, 5) is 45.4. The number of likely N-dealkylation sites (tertiary alicyclic amines) is 3. The number of halogens is 5. The normalized spacial score (nSPS) is 18.1. The van der Waals surface area contributed by atoms with Gasteiger partial charge in [-0.05, 0) is 267 Å². The number of rotatable bonds is 10. The number of amides is 1. The van der Waals surface area contributed by atoms with Gasteiger partial charge in [0.1, 0.15) is 17.2 Å². The Morgan fingerprint density at radius 3 is 1.35 bits per heavy atom. The molecule has 0 atom stereocenters. The van der Waals surface area contributed by atoms with E-state index in [1.807, 2.05) is 133 Å². The highest BCUT2D eigenvalue weighted by molar-refractivity contribution is 9.10. The Labute approximate surface area is 662 Å². The monoisotopic (exact) mass is 1600 g/mol. The average Bonchev–Trinajstić information content (AvgIpc) is 1.58. The molecule has 5 aliphatic rings. The summed E-state index contributed by atoms with van der Waals surface area (Å²) in [5.41, 5.74) is 8.36. The highest BCUT2D eigenvalue weighted by atomic mass is 79.9. The van der Waals surface area contributed by atoms with Crippen molar-refractivity contribution in [3.05, 3.63) is 185 Å². The summed E-state index contributed by atoms with van der Waals surface area (Å²) in [6, 6.07) is 25.4. The van der Waals surface area contributed by atoms with Gasteiger partial charge in [-0.15, -0.1) is 0 Å². The van der Waals surface area contributed by atoms with E-state index >= 15 is 0 Å². The number of carbonyl (C=O) groups is 1. The molecule has 0 bridgehead atoms. The first-order valence-corrected chi connectivity index (χ1v) is 38.6. The second-order valence-corrected chi connectivity index (χ2v) is 33.4. The lowest BCUT2D eigenvalue weighted by atomic mass is 9.82. The van der Waals surface area contributed by atoms with E-state index in [2.05, 4.69) is 141 Å². The molecular weight excluding hydrogens is 1500 g/mol. The van der Waals surface area contributed by atoms with Crippen LogP contribution in [0.2, 0.25) is 10.0 Å². The smallest absolute Gasteiger partial charge is 0.444 e. The van der Waals surface area contributed by atoms with Crippen LogP contribution >= 0.6 is 39.1 Å². The van der Waals surface area contributed by atoms with Crippen molar-refractivity contribution >= 4 is 92.5 Å². The fraction of sp³-hybridized carbons (Fsp3) is 0.415. The summed E-state index contributed by atoms with van der Waals surface area (Å²) in [6.07, 6.45) is 28.2. The minimum Gasteiger partial charge on any atom is -0.444 e. The van der Waals surface area contributed by atoms with Gasteiger partial charge in [0.2, 0.25) is 0 Å². The van der Waals surface area contributed by atoms with Crippen molar-refractivity contribution in [2.24, 2.45) is 0 Å². The Kier molecular flexibility index (Phi) is 24.7. The van der Waals surface area contributed by atoms with E-state index in [1.165, 1.54) is 24.3 Å². The number of carbonyl (C=O) groups excluding carboxylic acids is 1. The molecule has 9 aromatic heterocycles. The number of hydrogen-bond donors (Lipinski definition) is 0. The second kappa shape index (κ2) is 33.5. The molecule has 16 rings (SSSR count). The quantitative estimate of drug-likeness (QED) is 0.117. The lowest BCUT2D eigenvalue weighted by Crippen LogP contribution is -2.42. The molecule has 576 valence electrons. The van der Waals surface area contributed by atoms with Gasteiger partial charge in [-0.25, -0.2) is 33.5 Å². The molecule has 21 nitrogen and oxygen atoms in total. The van der Waals surface area contributed by atoms with Gasteiger partial charge < -0.3 is 38.1 Å². The van der Waals surface area contributed by atoms with Crippen molar-refractivity contribution in [2.75, 3.05) is 53.4 Å². The van der Waals surface area contributed by atoms with Crippen LogP contribution < -0.4 is 10.9 Å². The van der Waals surface area contributed by atoms with E-state index in [0.29, 0.717) is 69.0 Å². The van der Waals surface area contributed by atoms with E-state index in [-0.39, 0.29) is 60.7 Å². The van der Waals surface area contributed by atoms with E-state index in [4.69, 9.17) is 46.6 Å². The zero-order valence-electron chi connectivity index (χ0n) is 63.9. The van der Waals surface area contributed by atoms with E-state index in [1.54, 1.807) is 41.8 Å². The summed E-state index contributed by atoms with van der Waals surface area (Å²) >= 11 is 15.6. The number of piperidine rings is 3. The molecule has 5 aliphatic heterocycles. The van der Waals surface area contributed by atoms with Crippen LogP contribution in [0.1, 0.15) is 140 Å². The SMILES string of the molecule is C.CC(C)(C)OC(=O)N1CCC(n2cc(B3OC(C)(C)C(C)(C)O3)cn2)CC1.CN1CCC(n2cc(-c3cncc(-c4cc(-c5cc(Cl)ccc5F)nc5ncccc45)c3)cn2)CC1.CN1CCC(n2cc(B3OC(C)(C)C(C)(C)O3)cn2)CC1.Fc1ccc(Cl)cc1-c1cc(-c2cncc(Br)c2)c2cccnc2n1. The molecule has 0 aliphatic carbocycles. The topological polar surface area (TPSA) is 204 Å². The van der Waals surface area contributed by atoms with Gasteiger partial charge in [0.05, 0.1) is 58.1 Å². The summed E-state index contributed by atoms with van der Waals surface area (Å²) in [5, 5.41) is 16.4. The molecule has 0 unspecified atom stereocenters. The fourth-order valence-electron chi connectivity index (χ4n) is 13.7. The maximum absolute atomic E-state index is 14.7. The fourth-order valence-corrected chi connectivity index (χ4v) is 14.4. The van der Waals surface area contributed by atoms with Crippen LogP contribution in [-0.2, 0) is 23.4 Å². The third kappa shape index (κ3) is 18.7. The Morgan fingerprint density at radius 2 is 0.909 bits per heavy atom. The van der Waals surface area contributed by atoms with Gasteiger partial charge >= 0.3 is 20.3 Å². The predicted octanol–water partition coefficient (Wildman–Crippen LogP) is 17.0. The summed E-state index contributed by atoms with van der Waals surface area (Å²) < 4.78 is 65.9. The van der Waals surface area contributed by atoms with Gasteiger partial charge in [0, 0.05) is 151 Å². The molecule has 5 fully saturated rings. The van der Waals surface area contributed by atoms with Gasteiger partial charge in [-0.1, -0.05) is 30.6 Å². The van der Waals surface area contributed by atoms with Crippen LogP contribution in [0, 0.1) is 11.6 Å². The molecule has 0 N–H and O–H groups in total. The summed E-state index contributed by atoms with van der Waals surface area (Å²) in [7, 11) is 3.63. The first kappa shape index (κ1) is 81.1. The highest BCUT2D eigenvalue weighted by Gasteiger charge is 2.53. The lowest BCUT2D eigenvalue weighted by Gasteiger charge is -2.33. The maximum atomic E-state index is 14.7. The molecule has 28 heteroatoms. The number of benzene rings is 2. The number of fused-ring (bicyclic) bond motifs is 2. The van der Waals surface area contributed by atoms with Crippen LogP contribution in [0.3, 0.4) is 0 Å². The molecule has 0 spiro atoms. The number of hydrogen-bond acceptors (Lipinski definition) is 17.